The standard InChI is InChI=1S/C13H19NO2/c1-13(2,3)8-11(7-12(15)16)10-5-6-14(4)9-10/h5-7,9H,8H2,1-4H3,(H,15,16)/b11-7-. The number of aromatic nitrogens is 1. The fraction of sp³-hybridized carbons (Fsp3) is 0.462. The van der Waals surface area contributed by atoms with Crippen molar-refractivity contribution in [1.29, 1.82) is 0 Å². The van der Waals surface area contributed by atoms with Crippen molar-refractivity contribution in [2.24, 2.45) is 12.5 Å². The van der Waals surface area contributed by atoms with Crippen LogP contribution in [0.1, 0.15) is 32.8 Å². The summed E-state index contributed by atoms with van der Waals surface area (Å²) in [6.07, 6.45) is 5.93. The SMILES string of the molecule is Cn1ccc(/C(=C\C(=O)O)CC(C)(C)C)c1. The predicted molar refractivity (Wildman–Crippen MR) is 65.1 cm³/mol. The Balaban J connectivity index is 3.02. The first-order valence-electron chi connectivity index (χ1n) is 5.34. The van der Waals surface area contributed by atoms with Crippen LogP contribution in [0.3, 0.4) is 0 Å². The third kappa shape index (κ3) is 3.93. The quantitative estimate of drug-likeness (QED) is 0.797. The fourth-order valence-electron chi connectivity index (χ4n) is 1.65. The molecule has 0 unspecified atom stereocenters. The van der Waals surface area contributed by atoms with E-state index in [0.29, 0.717) is 0 Å². The molecule has 1 N–H and O–H groups in total. The Kier molecular flexibility index (Phi) is 3.58. The van der Waals surface area contributed by atoms with Gasteiger partial charge in [-0.25, -0.2) is 4.79 Å². The molecule has 0 spiro atoms. The minimum Gasteiger partial charge on any atom is -0.478 e. The molecule has 0 aromatic carbocycles. The molecule has 0 aliphatic heterocycles. The Morgan fingerprint density at radius 1 is 1.50 bits per heavy atom. The lowest BCUT2D eigenvalue weighted by molar-refractivity contribution is -0.131. The zero-order chi connectivity index (χ0) is 12.3. The highest BCUT2D eigenvalue weighted by Crippen LogP contribution is 2.30. The van der Waals surface area contributed by atoms with Crippen molar-refractivity contribution in [2.45, 2.75) is 27.2 Å². The molecule has 88 valence electrons. The third-order valence-electron chi connectivity index (χ3n) is 2.22. The van der Waals surface area contributed by atoms with Gasteiger partial charge in [0.15, 0.2) is 0 Å². The van der Waals surface area contributed by atoms with Crippen molar-refractivity contribution >= 4 is 11.5 Å². The van der Waals surface area contributed by atoms with Crippen molar-refractivity contribution in [3.05, 3.63) is 30.1 Å². The Bertz CT molecular complexity index is 408. The molecule has 1 heterocycles. The van der Waals surface area contributed by atoms with Gasteiger partial charge in [-0.05, 0) is 29.0 Å². The van der Waals surface area contributed by atoms with E-state index in [4.69, 9.17) is 5.11 Å². The van der Waals surface area contributed by atoms with E-state index in [2.05, 4.69) is 20.8 Å². The summed E-state index contributed by atoms with van der Waals surface area (Å²) in [6.45, 7) is 6.31. The first-order chi connectivity index (χ1) is 7.28. The molecule has 0 saturated carbocycles. The van der Waals surface area contributed by atoms with Gasteiger partial charge in [0.05, 0.1) is 0 Å². The van der Waals surface area contributed by atoms with Gasteiger partial charge in [0.1, 0.15) is 0 Å². The molecule has 0 atom stereocenters. The highest BCUT2D eigenvalue weighted by atomic mass is 16.4. The van der Waals surface area contributed by atoms with Crippen LogP contribution in [0.2, 0.25) is 0 Å². The van der Waals surface area contributed by atoms with Crippen LogP contribution in [0.25, 0.3) is 5.57 Å². The largest absolute Gasteiger partial charge is 0.478 e. The highest BCUT2D eigenvalue weighted by molar-refractivity contribution is 5.90. The molecule has 0 bridgehead atoms. The van der Waals surface area contributed by atoms with Crippen LogP contribution in [-0.2, 0) is 11.8 Å². The van der Waals surface area contributed by atoms with Gasteiger partial charge in [-0.1, -0.05) is 20.8 Å². The normalized spacial score (nSPS) is 12.9. The van der Waals surface area contributed by atoms with Crippen LogP contribution in [0.5, 0.6) is 0 Å². The van der Waals surface area contributed by atoms with Crippen molar-refractivity contribution in [3.8, 4) is 0 Å². The van der Waals surface area contributed by atoms with Gasteiger partial charge in [0.25, 0.3) is 0 Å². The third-order valence-corrected chi connectivity index (χ3v) is 2.22. The lowest BCUT2D eigenvalue weighted by Crippen LogP contribution is -2.07. The smallest absolute Gasteiger partial charge is 0.328 e. The number of hydrogen-bond donors (Lipinski definition) is 1. The van der Waals surface area contributed by atoms with E-state index >= 15 is 0 Å². The summed E-state index contributed by atoms with van der Waals surface area (Å²) < 4.78 is 1.92. The first-order valence-corrected chi connectivity index (χ1v) is 5.34. The second-order valence-electron chi connectivity index (χ2n) is 5.31. The molecular formula is C13H19NO2. The molecule has 0 radical (unpaired) electrons. The lowest BCUT2D eigenvalue weighted by atomic mass is 9.86. The summed E-state index contributed by atoms with van der Waals surface area (Å²) in [5.41, 5.74) is 1.94. The Morgan fingerprint density at radius 2 is 2.12 bits per heavy atom. The van der Waals surface area contributed by atoms with Gasteiger partial charge in [-0.3, -0.25) is 0 Å². The molecule has 0 aliphatic rings. The zero-order valence-electron chi connectivity index (χ0n) is 10.3. The van der Waals surface area contributed by atoms with Gasteiger partial charge < -0.3 is 9.67 Å². The average molecular weight is 221 g/mol. The van der Waals surface area contributed by atoms with E-state index in [0.717, 1.165) is 17.6 Å². The molecule has 0 amide bonds. The molecule has 3 heteroatoms. The molecule has 0 saturated heterocycles. The van der Waals surface area contributed by atoms with E-state index in [-0.39, 0.29) is 5.41 Å². The predicted octanol–water partition coefficient (Wildman–Crippen LogP) is 2.93. The van der Waals surface area contributed by atoms with Crippen molar-refractivity contribution in [2.75, 3.05) is 0 Å². The van der Waals surface area contributed by atoms with Gasteiger partial charge in [-0.2, -0.15) is 0 Å². The molecule has 1 aromatic heterocycles. The molecule has 0 fully saturated rings. The van der Waals surface area contributed by atoms with Crippen LogP contribution >= 0.6 is 0 Å². The monoisotopic (exact) mass is 221 g/mol. The summed E-state index contributed by atoms with van der Waals surface area (Å²) in [7, 11) is 1.93. The number of aliphatic carboxylic acids is 1. The maximum atomic E-state index is 10.8. The van der Waals surface area contributed by atoms with E-state index < -0.39 is 5.97 Å². The zero-order valence-corrected chi connectivity index (χ0v) is 10.3. The molecule has 0 aliphatic carbocycles. The van der Waals surface area contributed by atoms with E-state index in [9.17, 15) is 4.79 Å². The number of nitrogens with zero attached hydrogens (tertiary/aromatic N) is 1. The molecule has 1 aromatic rings. The summed E-state index contributed by atoms with van der Waals surface area (Å²) in [6, 6.07) is 1.94. The number of allylic oxidation sites excluding steroid dienone is 1. The fourth-order valence-corrected chi connectivity index (χ4v) is 1.65. The minimum absolute atomic E-state index is 0.0805. The summed E-state index contributed by atoms with van der Waals surface area (Å²) in [5, 5.41) is 8.87. The maximum Gasteiger partial charge on any atom is 0.328 e. The van der Waals surface area contributed by atoms with E-state index in [1.165, 1.54) is 6.08 Å². The van der Waals surface area contributed by atoms with Crippen molar-refractivity contribution < 1.29 is 9.90 Å². The van der Waals surface area contributed by atoms with E-state index in [1.807, 2.05) is 30.1 Å². The van der Waals surface area contributed by atoms with Gasteiger partial charge in [-0.15, -0.1) is 0 Å². The average Bonchev–Trinajstić information content (AvgIpc) is 2.47. The summed E-state index contributed by atoms with van der Waals surface area (Å²) in [4.78, 5) is 10.8. The number of carboxylic acid groups (broad SMARTS) is 1. The number of carboxylic acids is 1. The number of rotatable bonds is 3. The van der Waals surface area contributed by atoms with Gasteiger partial charge >= 0.3 is 5.97 Å². The molecule has 1 rings (SSSR count). The molecule has 3 nitrogen and oxygen atoms in total. The maximum absolute atomic E-state index is 10.8. The van der Waals surface area contributed by atoms with Crippen LogP contribution in [0.15, 0.2) is 24.5 Å². The van der Waals surface area contributed by atoms with Gasteiger partial charge in [0, 0.05) is 25.5 Å². The Labute approximate surface area is 96.4 Å². The second-order valence-corrected chi connectivity index (χ2v) is 5.31. The Morgan fingerprint density at radius 3 is 2.50 bits per heavy atom. The van der Waals surface area contributed by atoms with Crippen LogP contribution in [-0.4, -0.2) is 15.6 Å². The molecule has 16 heavy (non-hydrogen) atoms. The van der Waals surface area contributed by atoms with Crippen molar-refractivity contribution in [1.82, 2.24) is 4.57 Å². The molecular weight excluding hydrogens is 202 g/mol. The minimum atomic E-state index is -0.886. The second kappa shape index (κ2) is 4.56. The number of aryl methyl sites for hydroxylation is 1. The number of carbonyl (C=O) groups is 1. The number of hydrogen-bond acceptors (Lipinski definition) is 1. The summed E-state index contributed by atoms with van der Waals surface area (Å²) in [5.74, 6) is -0.886. The topological polar surface area (TPSA) is 42.2 Å². The van der Waals surface area contributed by atoms with Crippen LogP contribution in [0, 0.1) is 5.41 Å². The first kappa shape index (κ1) is 12.6. The highest BCUT2D eigenvalue weighted by Gasteiger charge is 2.16. The van der Waals surface area contributed by atoms with Crippen LogP contribution < -0.4 is 0 Å². The summed E-state index contributed by atoms with van der Waals surface area (Å²) >= 11 is 0. The lowest BCUT2D eigenvalue weighted by Gasteiger charge is -2.19. The Hall–Kier alpha value is -1.51. The van der Waals surface area contributed by atoms with E-state index in [1.54, 1.807) is 0 Å². The van der Waals surface area contributed by atoms with Gasteiger partial charge in [0.2, 0.25) is 0 Å². The van der Waals surface area contributed by atoms with Crippen molar-refractivity contribution in [3.63, 3.8) is 0 Å². The van der Waals surface area contributed by atoms with Crippen LogP contribution in [0.4, 0.5) is 0 Å².